The molecule has 17 heavy (non-hydrogen) atoms. The summed E-state index contributed by atoms with van der Waals surface area (Å²) in [4.78, 5) is 14.3. The standard InChI is InChI=1S/C12H23N3O2/c1-8-7-15(9(2)6-14-8)12(16)11-4-3-10(5-13)17-11/h8-11,14H,3-7,13H2,1-2H3/t8?,9?,10-,11+/m1/s1. The van der Waals surface area contributed by atoms with Gasteiger partial charge < -0.3 is 20.7 Å². The Balaban J connectivity index is 1.94. The van der Waals surface area contributed by atoms with Crippen LogP contribution in [0.5, 0.6) is 0 Å². The van der Waals surface area contributed by atoms with E-state index in [0.717, 1.165) is 25.9 Å². The largest absolute Gasteiger partial charge is 0.364 e. The molecule has 2 heterocycles. The minimum absolute atomic E-state index is 0.0691. The highest BCUT2D eigenvalue weighted by atomic mass is 16.5. The number of hydrogen-bond donors (Lipinski definition) is 2. The van der Waals surface area contributed by atoms with E-state index in [0.29, 0.717) is 12.6 Å². The quantitative estimate of drug-likeness (QED) is 0.696. The number of nitrogens with zero attached hydrogens (tertiary/aromatic N) is 1. The third-order valence-corrected chi connectivity index (χ3v) is 3.69. The number of amides is 1. The summed E-state index contributed by atoms with van der Waals surface area (Å²) in [6.07, 6.45) is 1.52. The van der Waals surface area contributed by atoms with Gasteiger partial charge in [-0.1, -0.05) is 0 Å². The number of rotatable bonds is 2. The average molecular weight is 241 g/mol. The molecule has 0 aromatic rings. The fourth-order valence-corrected chi connectivity index (χ4v) is 2.57. The normalized spacial score (nSPS) is 38.4. The molecule has 4 atom stereocenters. The molecule has 98 valence electrons. The Morgan fingerprint density at radius 1 is 1.47 bits per heavy atom. The minimum atomic E-state index is -0.267. The monoisotopic (exact) mass is 241 g/mol. The van der Waals surface area contributed by atoms with Crippen LogP contribution in [-0.4, -0.2) is 54.7 Å². The molecule has 0 aromatic heterocycles. The lowest BCUT2D eigenvalue weighted by molar-refractivity contribution is -0.146. The van der Waals surface area contributed by atoms with Crippen LogP contribution in [0.1, 0.15) is 26.7 Å². The fraction of sp³-hybridized carbons (Fsp3) is 0.917. The van der Waals surface area contributed by atoms with Gasteiger partial charge in [0.15, 0.2) is 0 Å². The number of carbonyl (C=O) groups is 1. The Morgan fingerprint density at radius 2 is 2.24 bits per heavy atom. The predicted molar refractivity (Wildman–Crippen MR) is 65.6 cm³/mol. The second-order valence-electron chi connectivity index (χ2n) is 5.21. The van der Waals surface area contributed by atoms with Crippen LogP contribution in [0.3, 0.4) is 0 Å². The van der Waals surface area contributed by atoms with Gasteiger partial charge in [0, 0.05) is 31.7 Å². The molecule has 2 fully saturated rings. The van der Waals surface area contributed by atoms with E-state index in [-0.39, 0.29) is 24.2 Å². The van der Waals surface area contributed by atoms with Gasteiger partial charge in [-0.15, -0.1) is 0 Å². The summed E-state index contributed by atoms with van der Waals surface area (Å²) in [5.74, 6) is 0.141. The lowest BCUT2D eigenvalue weighted by Gasteiger charge is -2.38. The van der Waals surface area contributed by atoms with Gasteiger partial charge in [-0.2, -0.15) is 0 Å². The van der Waals surface area contributed by atoms with Gasteiger partial charge in [-0.3, -0.25) is 4.79 Å². The summed E-state index contributed by atoms with van der Waals surface area (Å²) < 4.78 is 5.67. The van der Waals surface area contributed by atoms with Crippen molar-refractivity contribution < 1.29 is 9.53 Å². The van der Waals surface area contributed by atoms with E-state index in [1.807, 2.05) is 4.90 Å². The first kappa shape index (κ1) is 12.8. The zero-order chi connectivity index (χ0) is 12.4. The average Bonchev–Trinajstić information content (AvgIpc) is 2.80. The second-order valence-corrected chi connectivity index (χ2v) is 5.21. The van der Waals surface area contributed by atoms with Crippen molar-refractivity contribution in [3.8, 4) is 0 Å². The van der Waals surface area contributed by atoms with E-state index in [2.05, 4.69) is 19.2 Å². The maximum atomic E-state index is 12.4. The van der Waals surface area contributed by atoms with Gasteiger partial charge in [0.2, 0.25) is 0 Å². The van der Waals surface area contributed by atoms with Crippen molar-refractivity contribution in [2.45, 2.75) is 51.0 Å². The molecule has 3 N–H and O–H groups in total. The number of hydrogen-bond acceptors (Lipinski definition) is 4. The molecule has 2 saturated heterocycles. The summed E-state index contributed by atoms with van der Waals surface area (Å²) in [5, 5.41) is 3.37. The molecule has 1 amide bonds. The summed E-state index contributed by atoms with van der Waals surface area (Å²) in [5.41, 5.74) is 5.56. The van der Waals surface area contributed by atoms with Crippen molar-refractivity contribution in [3.63, 3.8) is 0 Å². The van der Waals surface area contributed by atoms with Crippen LogP contribution in [-0.2, 0) is 9.53 Å². The van der Waals surface area contributed by atoms with E-state index in [1.54, 1.807) is 0 Å². The zero-order valence-electron chi connectivity index (χ0n) is 10.7. The third-order valence-electron chi connectivity index (χ3n) is 3.69. The first-order chi connectivity index (χ1) is 8.11. The first-order valence-electron chi connectivity index (χ1n) is 6.51. The molecule has 0 aromatic carbocycles. The summed E-state index contributed by atoms with van der Waals surface area (Å²) in [7, 11) is 0. The molecule has 5 heteroatoms. The van der Waals surface area contributed by atoms with Crippen LogP contribution in [0.4, 0.5) is 0 Å². The Hall–Kier alpha value is -0.650. The van der Waals surface area contributed by atoms with Crippen LogP contribution in [0.2, 0.25) is 0 Å². The van der Waals surface area contributed by atoms with Crippen molar-refractivity contribution in [1.82, 2.24) is 10.2 Å². The Morgan fingerprint density at radius 3 is 2.88 bits per heavy atom. The van der Waals surface area contributed by atoms with E-state index < -0.39 is 0 Å². The smallest absolute Gasteiger partial charge is 0.252 e. The number of carbonyl (C=O) groups excluding carboxylic acids is 1. The van der Waals surface area contributed by atoms with E-state index in [9.17, 15) is 4.79 Å². The predicted octanol–water partition coefficient (Wildman–Crippen LogP) is -0.298. The maximum absolute atomic E-state index is 12.4. The van der Waals surface area contributed by atoms with Gasteiger partial charge >= 0.3 is 0 Å². The zero-order valence-corrected chi connectivity index (χ0v) is 10.7. The molecule has 2 aliphatic heterocycles. The number of nitrogens with two attached hydrogens (primary N) is 1. The molecular weight excluding hydrogens is 218 g/mol. The highest BCUT2D eigenvalue weighted by Gasteiger charge is 2.36. The van der Waals surface area contributed by atoms with Crippen molar-refractivity contribution in [3.05, 3.63) is 0 Å². The maximum Gasteiger partial charge on any atom is 0.252 e. The van der Waals surface area contributed by atoms with Crippen molar-refractivity contribution >= 4 is 5.91 Å². The van der Waals surface area contributed by atoms with Crippen molar-refractivity contribution in [2.75, 3.05) is 19.6 Å². The second kappa shape index (κ2) is 5.33. The van der Waals surface area contributed by atoms with Gasteiger partial charge in [-0.25, -0.2) is 0 Å². The number of piperazine rings is 1. The van der Waals surface area contributed by atoms with E-state index >= 15 is 0 Å². The van der Waals surface area contributed by atoms with Crippen molar-refractivity contribution in [1.29, 1.82) is 0 Å². The Kier molecular flexibility index (Phi) is 4.01. The topological polar surface area (TPSA) is 67.6 Å². The third kappa shape index (κ3) is 2.78. The Labute approximate surface area is 103 Å². The summed E-state index contributed by atoms with van der Waals surface area (Å²) in [6, 6.07) is 0.612. The molecule has 0 saturated carbocycles. The Bertz CT molecular complexity index is 285. The molecule has 0 radical (unpaired) electrons. The van der Waals surface area contributed by atoms with E-state index in [4.69, 9.17) is 10.5 Å². The molecule has 0 aliphatic carbocycles. The fourth-order valence-electron chi connectivity index (χ4n) is 2.57. The van der Waals surface area contributed by atoms with Gasteiger partial charge in [0.25, 0.3) is 5.91 Å². The lowest BCUT2D eigenvalue weighted by atomic mass is 10.1. The highest BCUT2D eigenvalue weighted by molar-refractivity contribution is 5.81. The molecule has 2 rings (SSSR count). The number of ether oxygens (including phenoxy) is 1. The van der Waals surface area contributed by atoms with Crippen LogP contribution in [0, 0.1) is 0 Å². The van der Waals surface area contributed by atoms with Gasteiger partial charge in [0.1, 0.15) is 6.10 Å². The first-order valence-corrected chi connectivity index (χ1v) is 6.51. The molecule has 0 spiro atoms. The SMILES string of the molecule is CC1CN(C(=O)[C@@H]2CC[C@H](CN)O2)C(C)CN1. The van der Waals surface area contributed by atoms with Crippen molar-refractivity contribution in [2.24, 2.45) is 5.73 Å². The molecule has 2 unspecified atom stereocenters. The molecular formula is C12H23N3O2. The molecule has 0 bridgehead atoms. The van der Waals surface area contributed by atoms with Crippen LogP contribution < -0.4 is 11.1 Å². The minimum Gasteiger partial charge on any atom is -0.364 e. The molecule has 2 aliphatic rings. The summed E-state index contributed by atoms with van der Waals surface area (Å²) >= 11 is 0. The summed E-state index contributed by atoms with van der Waals surface area (Å²) in [6.45, 7) is 6.32. The molecule has 5 nitrogen and oxygen atoms in total. The van der Waals surface area contributed by atoms with E-state index in [1.165, 1.54) is 0 Å². The van der Waals surface area contributed by atoms with Crippen LogP contribution in [0.25, 0.3) is 0 Å². The highest BCUT2D eigenvalue weighted by Crippen LogP contribution is 2.22. The lowest BCUT2D eigenvalue weighted by Crippen LogP contribution is -2.58. The van der Waals surface area contributed by atoms with Crippen LogP contribution in [0.15, 0.2) is 0 Å². The van der Waals surface area contributed by atoms with Crippen LogP contribution >= 0.6 is 0 Å². The van der Waals surface area contributed by atoms with Gasteiger partial charge in [-0.05, 0) is 26.7 Å². The number of nitrogens with one attached hydrogen (secondary N) is 1. The van der Waals surface area contributed by atoms with Gasteiger partial charge in [0.05, 0.1) is 6.10 Å².